The van der Waals surface area contributed by atoms with Gasteiger partial charge in [-0.05, 0) is 30.7 Å². The fourth-order valence-corrected chi connectivity index (χ4v) is 3.19. The Bertz CT molecular complexity index is 1270. The number of pyridine rings is 1. The maximum Gasteiger partial charge on any atom is 0.280 e. The van der Waals surface area contributed by atoms with E-state index < -0.39 is 0 Å². The number of carbonyl (C=O) groups excluding carboxylic acids is 1. The third-order valence-corrected chi connectivity index (χ3v) is 4.83. The number of hydrogen-bond acceptors (Lipinski definition) is 4. The van der Waals surface area contributed by atoms with E-state index >= 15 is 0 Å². The zero-order valence-electron chi connectivity index (χ0n) is 15.6. The van der Waals surface area contributed by atoms with Gasteiger partial charge in [-0.3, -0.25) is 15.0 Å². The lowest BCUT2D eigenvalue weighted by Gasteiger charge is -2.11. The van der Waals surface area contributed by atoms with Gasteiger partial charge in [0.2, 0.25) is 5.91 Å². The fourth-order valence-electron chi connectivity index (χ4n) is 3.07. The van der Waals surface area contributed by atoms with Crippen molar-refractivity contribution in [3.05, 3.63) is 63.8 Å². The molecule has 0 saturated carbocycles. The molecule has 4 rings (SSSR count). The third-order valence-electron chi connectivity index (χ3n) is 4.57. The number of fused-ring (bicyclic) bond motifs is 3. The van der Waals surface area contributed by atoms with Crippen LogP contribution >= 0.6 is 11.6 Å². The van der Waals surface area contributed by atoms with Crippen molar-refractivity contribution < 1.29 is 4.79 Å². The third kappa shape index (κ3) is 2.93. The molecule has 0 aliphatic carbocycles. The molecule has 0 fully saturated rings. The molecule has 3 aromatic heterocycles. The molecule has 1 amide bonds. The van der Waals surface area contributed by atoms with Gasteiger partial charge in [0.05, 0.1) is 16.6 Å². The van der Waals surface area contributed by atoms with Crippen LogP contribution in [0.5, 0.6) is 0 Å². The summed E-state index contributed by atoms with van der Waals surface area (Å²) in [5.41, 5.74) is 6.12. The molecule has 142 valence electrons. The van der Waals surface area contributed by atoms with Crippen LogP contribution in [0.15, 0.2) is 47.5 Å². The average molecular weight is 396 g/mol. The first-order valence-corrected chi connectivity index (χ1v) is 9.21. The standard InChI is InChI=1S/C20H18ClN5O2/c1-11(2)19(27)24-25-9-8-16-15(20(25)28)10-22-18-17(12(3)23-26(16)18)13-4-6-14(21)7-5-13/h4-11H,1-3H3,(H,24,27). The zero-order chi connectivity index (χ0) is 20.0. The first-order valence-electron chi connectivity index (χ1n) is 8.83. The maximum atomic E-state index is 12.8. The SMILES string of the molecule is Cc1nn2c(ncc3c(=O)n(NC(=O)C(C)C)ccc32)c1-c1ccc(Cl)cc1. The number of aromatic nitrogens is 4. The van der Waals surface area contributed by atoms with E-state index in [2.05, 4.69) is 15.5 Å². The van der Waals surface area contributed by atoms with E-state index in [0.717, 1.165) is 16.8 Å². The topological polar surface area (TPSA) is 81.3 Å². The van der Waals surface area contributed by atoms with E-state index in [1.54, 1.807) is 24.4 Å². The van der Waals surface area contributed by atoms with Crippen LogP contribution in [-0.4, -0.2) is 25.2 Å². The number of halogens is 1. The van der Waals surface area contributed by atoms with Gasteiger partial charge in [-0.2, -0.15) is 5.10 Å². The Labute approximate surface area is 165 Å². The quantitative estimate of drug-likeness (QED) is 0.576. The molecule has 0 aliphatic heterocycles. The molecule has 0 spiro atoms. The Morgan fingerprint density at radius 3 is 2.57 bits per heavy atom. The second kappa shape index (κ2) is 6.76. The molecule has 0 radical (unpaired) electrons. The highest BCUT2D eigenvalue weighted by atomic mass is 35.5. The highest BCUT2D eigenvalue weighted by Gasteiger charge is 2.17. The van der Waals surface area contributed by atoms with Crippen molar-refractivity contribution >= 4 is 34.1 Å². The van der Waals surface area contributed by atoms with Gasteiger partial charge in [-0.1, -0.05) is 37.6 Å². The van der Waals surface area contributed by atoms with Gasteiger partial charge in [0.25, 0.3) is 5.56 Å². The Hall–Kier alpha value is -3.19. The van der Waals surface area contributed by atoms with Crippen molar-refractivity contribution in [1.29, 1.82) is 0 Å². The molecule has 7 nitrogen and oxygen atoms in total. The summed E-state index contributed by atoms with van der Waals surface area (Å²) in [4.78, 5) is 29.2. The summed E-state index contributed by atoms with van der Waals surface area (Å²) in [6, 6.07) is 9.20. The Morgan fingerprint density at radius 2 is 1.89 bits per heavy atom. The monoisotopic (exact) mass is 395 g/mol. The molecule has 0 saturated heterocycles. The van der Waals surface area contributed by atoms with Crippen molar-refractivity contribution in [1.82, 2.24) is 19.3 Å². The van der Waals surface area contributed by atoms with Crippen LogP contribution in [-0.2, 0) is 4.79 Å². The van der Waals surface area contributed by atoms with Gasteiger partial charge in [-0.25, -0.2) is 14.2 Å². The summed E-state index contributed by atoms with van der Waals surface area (Å²) < 4.78 is 2.83. The summed E-state index contributed by atoms with van der Waals surface area (Å²) in [6.45, 7) is 5.42. The van der Waals surface area contributed by atoms with Crippen LogP contribution in [0.1, 0.15) is 19.5 Å². The number of nitrogens with one attached hydrogen (secondary N) is 1. The van der Waals surface area contributed by atoms with E-state index in [-0.39, 0.29) is 17.4 Å². The molecular formula is C20H18ClN5O2. The molecule has 3 heterocycles. The highest BCUT2D eigenvalue weighted by Crippen LogP contribution is 2.29. The van der Waals surface area contributed by atoms with Crippen molar-refractivity contribution in [3.63, 3.8) is 0 Å². The number of nitrogens with zero attached hydrogens (tertiary/aromatic N) is 4. The lowest BCUT2D eigenvalue weighted by molar-refractivity contribution is -0.119. The van der Waals surface area contributed by atoms with Gasteiger partial charge >= 0.3 is 0 Å². The number of hydrogen-bond donors (Lipinski definition) is 1. The average Bonchev–Trinajstić information content (AvgIpc) is 3.00. The summed E-state index contributed by atoms with van der Waals surface area (Å²) in [5, 5.41) is 5.60. The van der Waals surface area contributed by atoms with Gasteiger partial charge in [0, 0.05) is 28.9 Å². The molecule has 0 unspecified atom stereocenters. The van der Waals surface area contributed by atoms with E-state index in [1.807, 2.05) is 31.2 Å². The minimum absolute atomic E-state index is 0.237. The fraction of sp³-hybridized carbons (Fsp3) is 0.200. The van der Waals surface area contributed by atoms with Gasteiger partial charge in [-0.15, -0.1) is 0 Å². The Kier molecular flexibility index (Phi) is 4.39. The zero-order valence-corrected chi connectivity index (χ0v) is 16.4. The number of benzene rings is 1. The van der Waals surface area contributed by atoms with E-state index in [9.17, 15) is 9.59 Å². The van der Waals surface area contributed by atoms with Crippen LogP contribution in [0.4, 0.5) is 0 Å². The lowest BCUT2D eigenvalue weighted by Crippen LogP contribution is -2.35. The molecule has 0 bridgehead atoms. The first kappa shape index (κ1) is 18.2. The Balaban J connectivity index is 1.90. The second-order valence-electron chi connectivity index (χ2n) is 6.88. The lowest BCUT2D eigenvalue weighted by atomic mass is 10.1. The van der Waals surface area contributed by atoms with Crippen molar-refractivity contribution in [2.75, 3.05) is 5.43 Å². The number of amides is 1. The van der Waals surface area contributed by atoms with Crippen LogP contribution in [0.2, 0.25) is 5.02 Å². The number of aryl methyl sites for hydroxylation is 1. The van der Waals surface area contributed by atoms with Crippen LogP contribution in [0.25, 0.3) is 27.7 Å². The molecule has 0 aliphatic rings. The minimum atomic E-state index is -0.359. The van der Waals surface area contributed by atoms with E-state index in [4.69, 9.17) is 11.6 Å². The van der Waals surface area contributed by atoms with Crippen LogP contribution in [0, 0.1) is 12.8 Å². The normalized spacial score (nSPS) is 11.5. The van der Waals surface area contributed by atoms with E-state index in [1.165, 1.54) is 17.1 Å². The van der Waals surface area contributed by atoms with Gasteiger partial charge in [0.15, 0.2) is 5.65 Å². The molecule has 4 aromatic rings. The minimum Gasteiger partial charge on any atom is -0.273 e. The van der Waals surface area contributed by atoms with E-state index in [0.29, 0.717) is 21.6 Å². The maximum absolute atomic E-state index is 12.8. The van der Waals surface area contributed by atoms with Crippen LogP contribution < -0.4 is 11.0 Å². The number of rotatable bonds is 3. The van der Waals surface area contributed by atoms with Crippen molar-refractivity contribution in [2.45, 2.75) is 20.8 Å². The number of carbonyl (C=O) groups is 1. The molecule has 0 atom stereocenters. The molecule has 28 heavy (non-hydrogen) atoms. The van der Waals surface area contributed by atoms with Crippen molar-refractivity contribution in [3.8, 4) is 11.1 Å². The van der Waals surface area contributed by atoms with Crippen LogP contribution in [0.3, 0.4) is 0 Å². The smallest absolute Gasteiger partial charge is 0.273 e. The summed E-state index contributed by atoms with van der Waals surface area (Å²) in [7, 11) is 0. The molecular weight excluding hydrogens is 378 g/mol. The summed E-state index contributed by atoms with van der Waals surface area (Å²) in [5.74, 6) is -0.477. The van der Waals surface area contributed by atoms with Gasteiger partial charge in [0.1, 0.15) is 0 Å². The Morgan fingerprint density at radius 1 is 1.18 bits per heavy atom. The summed E-state index contributed by atoms with van der Waals surface area (Å²) >= 11 is 5.99. The molecule has 1 aromatic carbocycles. The van der Waals surface area contributed by atoms with Gasteiger partial charge < -0.3 is 0 Å². The largest absolute Gasteiger partial charge is 0.280 e. The first-order chi connectivity index (χ1) is 13.4. The predicted molar refractivity (Wildman–Crippen MR) is 109 cm³/mol. The molecule has 1 N–H and O–H groups in total. The highest BCUT2D eigenvalue weighted by molar-refractivity contribution is 6.30. The summed E-state index contributed by atoms with van der Waals surface area (Å²) in [6.07, 6.45) is 3.05. The predicted octanol–water partition coefficient (Wildman–Crippen LogP) is 3.40. The second-order valence-corrected chi connectivity index (χ2v) is 7.32. The van der Waals surface area contributed by atoms with Crippen molar-refractivity contribution in [2.24, 2.45) is 5.92 Å². The molecule has 8 heteroatoms.